The lowest BCUT2D eigenvalue weighted by atomic mass is 9.89. The van der Waals surface area contributed by atoms with Crippen molar-refractivity contribution in [2.45, 2.75) is 70.5 Å². The molecule has 30 heavy (non-hydrogen) atoms. The number of halogens is 1. The highest BCUT2D eigenvalue weighted by atomic mass is 35.5. The van der Waals surface area contributed by atoms with Crippen molar-refractivity contribution in [1.29, 1.82) is 0 Å². The minimum absolute atomic E-state index is 0.00820. The van der Waals surface area contributed by atoms with Crippen LogP contribution in [-0.2, 0) is 19.1 Å². The lowest BCUT2D eigenvalue weighted by molar-refractivity contribution is -0.179. The molecule has 1 aromatic carbocycles. The molecule has 2 atom stereocenters. The summed E-state index contributed by atoms with van der Waals surface area (Å²) in [5.74, 6) is -2.15. The van der Waals surface area contributed by atoms with Crippen LogP contribution < -0.4 is 5.32 Å². The van der Waals surface area contributed by atoms with Crippen molar-refractivity contribution in [2.24, 2.45) is 5.92 Å². The number of nitrogens with one attached hydrogen (secondary N) is 1. The highest BCUT2D eigenvalue weighted by molar-refractivity contribution is 6.30. The van der Waals surface area contributed by atoms with Gasteiger partial charge in [0.15, 0.2) is 0 Å². The largest absolute Gasteiger partial charge is 0.481 e. The van der Waals surface area contributed by atoms with E-state index in [2.05, 4.69) is 5.32 Å². The molecule has 0 bridgehead atoms. The Labute approximate surface area is 182 Å². The van der Waals surface area contributed by atoms with Gasteiger partial charge in [-0.15, -0.1) is 0 Å². The summed E-state index contributed by atoms with van der Waals surface area (Å²) in [6, 6.07) is 6.58. The van der Waals surface area contributed by atoms with E-state index in [-0.39, 0.29) is 31.3 Å². The van der Waals surface area contributed by atoms with Crippen molar-refractivity contribution >= 4 is 29.6 Å². The van der Waals surface area contributed by atoms with Crippen molar-refractivity contribution in [1.82, 2.24) is 5.32 Å². The van der Waals surface area contributed by atoms with Gasteiger partial charge in [0, 0.05) is 23.9 Å². The predicted octanol–water partition coefficient (Wildman–Crippen LogP) is 4.87. The third-order valence-electron chi connectivity index (χ3n) is 5.23. The molecule has 2 unspecified atom stereocenters. The van der Waals surface area contributed by atoms with Crippen LogP contribution in [0, 0.1) is 5.92 Å². The van der Waals surface area contributed by atoms with Gasteiger partial charge in [0.2, 0.25) is 0 Å². The van der Waals surface area contributed by atoms with Crippen LogP contribution in [0.4, 0.5) is 4.79 Å². The highest BCUT2D eigenvalue weighted by Crippen LogP contribution is 2.29. The molecule has 1 aliphatic carbocycles. The molecule has 1 aromatic rings. The second kappa shape index (κ2) is 12.4. The fraction of sp³-hybridized carbons (Fsp3) is 0.591. The molecule has 0 heterocycles. The van der Waals surface area contributed by atoms with Gasteiger partial charge in [-0.25, -0.2) is 4.79 Å². The minimum Gasteiger partial charge on any atom is -0.481 e. The van der Waals surface area contributed by atoms with Crippen LogP contribution in [-0.4, -0.2) is 36.0 Å². The van der Waals surface area contributed by atoms with Gasteiger partial charge in [-0.1, -0.05) is 49.9 Å². The van der Waals surface area contributed by atoms with E-state index in [1.54, 1.807) is 24.3 Å². The molecule has 1 aliphatic rings. The zero-order valence-electron chi connectivity index (χ0n) is 17.3. The lowest BCUT2D eigenvalue weighted by Crippen LogP contribution is -2.37. The molecule has 0 aromatic heterocycles. The Morgan fingerprint density at radius 3 is 2.40 bits per heavy atom. The summed E-state index contributed by atoms with van der Waals surface area (Å²) in [6.45, 7) is 1.99. The fourth-order valence-electron chi connectivity index (χ4n) is 3.61. The summed E-state index contributed by atoms with van der Waals surface area (Å²) in [5.41, 5.74) is 0.607. The van der Waals surface area contributed by atoms with E-state index in [9.17, 15) is 19.5 Å². The second-order valence-electron chi connectivity index (χ2n) is 7.57. The Balaban J connectivity index is 1.89. The Kier molecular flexibility index (Phi) is 9.94. The summed E-state index contributed by atoms with van der Waals surface area (Å²) in [6.07, 6.45) is 4.34. The zero-order valence-corrected chi connectivity index (χ0v) is 18.0. The van der Waals surface area contributed by atoms with Crippen molar-refractivity contribution in [3.8, 4) is 0 Å². The number of alkyl carbamates (subject to hydrolysis) is 1. The van der Waals surface area contributed by atoms with E-state index in [0.717, 1.165) is 32.1 Å². The van der Waals surface area contributed by atoms with Crippen molar-refractivity contribution in [2.75, 3.05) is 6.54 Å². The van der Waals surface area contributed by atoms with Gasteiger partial charge in [-0.3, -0.25) is 9.59 Å². The molecule has 7 nitrogen and oxygen atoms in total. The monoisotopic (exact) mass is 439 g/mol. The van der Waals surface area contributed by atoms with Gasteiger partial charge in [-0.2, -0.15) is 0 Å². The Morgan fingerprint density at radius 2 is 1.80 bits per heavy atom. The Morgan fingerprint density at radius 1 is 1.13 bits per heavy atom. The minimum atomic E-state index is -0.985. The van der Waals surface area contributed by atoms with Gasteiger partial charge in [0.05, 0.1) is 5.92 Å². The standard InChI is InChI=1S/C22H30ClNO6/c1-2-6-19(25)29-21(16-7-4-3-5-8-16)30-22(28)24-14-13-18(20(26)27)15-9-11-17(23)12-10-15/h9-12,16,18,21H,2-8,13-14H2,1H3,(H,24,28)(H,26,27). The smallest absolute Gasteiger partial charge is 0.410 e. The number of carboxylic acid groups (broad SMARTS) is 1. The molecule has 1 amide bonds. The SMILES string of the molecule is CCCC(=O)OC(OC(=O)NCCC(C(=O)O)c1ccc(Cl)cc1)C1CCCCC1. The van der Waals surface area contributed by atoms with Gasteiger partial charge in [0.1, 0.15) is 0 Å². The number of aliphatic carboxylic acids is 1. The first-order valence-corrected chi connectivity index (χ1v) is 10.9. The first-order valence-electron chi connectivity index (χ1n) is 10.5. The maximum Gasteiger partial charge on any atom is 0.410 e. The third-order valence-corrected chi connectivity index (χ3v) is 5.48. The number of hydrogen-bond donors (Lipinski definition) is 2. The van der Waals surface area contributed by atoms with Crippen LogP contribution >= 0.6 is 11.6 Å². The topological polar surface area (TPSA) is 102 Å². The number of ether oxygens (including phenoxy) is 2. The van der Waals surface area contributed by atoms with Gasteiger partial charge in [-0.05, 0) is 43.4 Å². The molecule has 166 valence electrons. The Bertz CT molecular complexity index is 702. The molecule has 1 fully saturated rings. The summed E-state index contributed by atoms with van der Waals surface area (Å²) in [4.78, 5) is 35.8. The zero-order chi connectivity index (χ0) is 21.9. The molecule has 0 saturated heterocycles. The number of esters is 1. The first kappa shape index (κ1) is 24.0. The maximum absolute atomic E-state index is 12.3. The van der Waals surface area contributed by atoms with E-state index < -0.39 is 24.3 Å². The van der Waals surface area contributed by atoms with E-state index >= 15 is 0 Å². The van der Waals surface area contributed by atoms with E-state index in [0.29, 0.717) is 17.0 Å². The van der Waals surface area contributed by atoms with Crippen molar-refractivity contribution < 1.29 is 29.0 Å². The predicted molar refractivity (Wildman–Crippen MR) is 112 cm³/mol. The normalized spacial score (nSPS) is 16.3. The van der Waals surface area contributed by atoms with Crippen LogP contribution in [0.15, 0.2) is 24.3 Å². The quantitative estimate of drug-likeness (QED) is 0.398. The molecular formula is C22H30ClNO6. The van der Waals surface area contributed by atoms with E-state index in [1.807, 2.05) is 6.92 Å². The number of hydrogen-bond acceptors (Lipinski definition) is 5. The Hall–Kier alpha value is -2.28. The summed E-state index contributed by atoms with van der Waals surface area (Å²) < 4.78 is 10.8. The molecule has 0 spiro atoms. The van der Waals surface area contributed by atoms with Crippen LogP contribution in [0.25, 0.3) is 0 Å². The number of benzene rings is 1. The van der Waals surface area contributed by atoms with Gasteiger partial charge < -0.3 is 19.9 Å². The van der Waals surface area contributed by atoms with Crippen LogP contribution in [0.5, 0.6) is 0 Å². The summed E-state index contributed by atoms with van der Waals surface area (Å²) in [5, 5.41) is 12.6. The molecule has 1 saturated carbocycles. The number of rotatable bonds is 10. The number of carbonyl (C=O) groups excluding carboxylic acids is 2. The molecular weight excluding hydrogens is 410 g/mol. The number of amides is 1. The fourth-order valence-corrected chi connectivity index (χ4v) is 3.73. The van der Waals surface area contributed by atoms with E-state index in [4.69, 9.17) is 21.1 Å². The van der Waals surface area contributed by atoms with Crippen LogP contribution in [0.3, 0.4) is 0 Å². The summed E-state index contributed by atoms with van der Waals surface area (Å²) in [7, 11) is 0. The van der Waals surface area contributed by atoms with Crippen molar-refractivity contribution in [3.05, 3.63) is 34.9 Å². The highest BCUT2D eigenvalue weighted by Gasteiger charge is 2.30. The second-order valence-corrected chi connectivity index (χ2v) is 8.01. The van der Waals surface area contributed by atoms with Crippen LogP contribution in [0.1, 0.15) is 69.8 Å². The number of carbonyl (C=O) groups is 3. The molecule has 0 aliphatic heterocycles. The van der Waals surface area contributed by atoms with Crippen LogP contribution in [0.2, 0.25) is 5.02 Å². The first-order chi connectivity index (χ1) is 14.4. The lowest BCUT2D eigenvalue weighted by Gasteiger charge is -2.29. The van der Waals surface area contributed by atoms with Gasteiger partial charge in [0.25, 0.3) is 6.29 Å². The molecule has 2 N–H and O–H groups in total. The molecule has 2 rings (SSSR count). The van der Waals surface area contributed by atoms with Crippen molar-refractivity contribution in [3.63, 3.8) is 0 Å². The summed E-state index contributed by atoms with van der Waals surface area (Å²) >= 11 is 5.85. The molecule has 0 radical (unpaired) electrons. The average Bonchev–Trinajstić information content (AvgIpc) is 2.72. The maximum atomic E-state index is 12.3. The number of carboxylic acids is 1. The third kappa shape index (κ3) is 7.86. The molecule has 8 heteroatoms. The van der Waals surface area contributed by atoms with Gasteiger partial charge >= 0.3 is 18.0 Å². The van der Waals surface area contributed by atoms with E-state index in [1.165, 1.54) is 0 Å². The average molecular weight is 440 g/mol.